The van der Waals surface area contributed by atoms with E-state index in [1.165, 1.54) is 11.3 Å². The van der Waals surface area contributed by atoms with Crippen LogP contribution in [0.15, 0.2) is 20.9 Å². The van der Waals surface area contributed by atoms with E-state index in [2.05, 4.69) is 38.4 Å². The van der Waals surface area contributed by atoms with Crippen LogP contribution in [0.1, 0.15) is 25.3 Å². The number of aromatic nitrogens is 2. The molecule has 0 unspecified atom stereocenters. The largest absolute Gasteiger partial charge is 0.493 e. The lowest BCUT2D eigenvalue weighted by atomic mass is 10.1. The summed E-state index contributed by atoms with van der Waals surface area (Å²) in [4.78, 5) is 12.1. The van der Waals surface area contributed by atoms with E-state index < -0.39 is 0 Å². The highest BCUT2D eigenvalue weighted by Gasteiger charge is 2.13. The summed E-state index contributed by atoms with van der Waals surface area (Å²) in [5.74, 6) is 2.19. The number of amides is 1. The average molecular weight is 446 g/mol. The highest BCUT2D eigenvalue weighted by molar-refractivity contribution is 9.10. The molecular formula is C16H20BrN3O3S2. The predicted molar refractivity (Wildman–Crippen MR) is 105 cm³/mol. The first kappa shape index (κ1) is 20.0. The SMILES string of the molecule is CCCSc1nnc(NC(=O)CCc2cc(OC)c(OC)cc2Br)s1. The van der Waals surface area contributed by atoms with Crippen molar-refractivity contribution in [2.75, 3.05) is 25.3 Å². The summed E-state index contributed by atoms with van der Waals surface area (Å²) in [6.45, 7) is 2.11. The van der Waals surface area contributed by atoms with Gasteiger partial charge < -0.3 is 14.8 Å². The summed E-state index contributed by atoms with van der Waals surface area (Å²) in [5.41, 5.74) is 0.976. The molecule has 1 amide bonds. The number of halogens is 1. The number of nitrogens with one attached hydrogen (secondary N) is 1. The summed E-state index contributed by atoms with van der Waals surface area (Å²) in [6.07, 6.45) is 1.99. The zero-order valence-electron chi connectivity index (χ0n) is 14.3. The van der Waals surface area contributed by atoms with Gasteiger partial charge in [-0.2, -0.15) is 0 Å². The maximum absolute atomic E-state index is 12.1. The first-order chi connectivity index (χ1) is 12.1. The highest BCUT2D eigenvalue weighted by atomic mass is 79.9. The molecule has 25 heavy (non-hydrogen) atoms. The maximum atomic E-state index is 12.1. The van der Waals surface area contributed by atoms with Crippen molar-refractivity contribution in [3.63, 3.8) is 0 Å². The fraction of sp³-hybridized carbons (Fsp3) is 0.438. The Labute approximate surface area is 163 Å². The summed E-state index contributed by atoms with van der Waals surface area (Å²) in [6, 6.07) is 3.72. The summed E-state index contributed by atoms with van der Waals surface area (Å²) >= 11 is 6.56. The molecule has 1 aromatic heterocycles. The third-order valence-electron chi connectivity index (χ3n) is 3.26. The van der Waals surface area contributed by atoms with Gasteiger partial charge >= 0.3 is 0 Å². The molecule has 136 valence electrons. The van der Waals surface area contributed by atoms with Crippen LogP contribution >= 0.6 is 39.0 Å². The van der Waals surface area contributed by atoms with E-state index in [1.807, 2.05) is 12.1 Å². The monoisotopic (exact) mass is 445 g/mol. The van der Waals surface area contributed by atoms with Gasteiger partial charge in [-0.05, 0) is 30.5 Å². The lowest BCUT2D eigenvalue weighted by molar-refractivity contribution is -0.116. The molecule has 0 saturated carbocycles. The van der Waals surface area contributed by atoms with E-state index in [0.717, 1.165) is 26.5 Å². The molecule has 0 saturated heterocycles. The number of rotatable bonds is 9. The van der Waals surface area contributed by atoms with Gasteiger partial charge in [-0.25, -0.2) is 0 Å². The Bertz CT molecular complexity index is 725. The molecule has 0 spiro atoms. The lowest BCUT2D eigenvalue weighted by Crippen LogP contribution is -2.12. The smallest absolute Gasteiger partial charge is 0.226 e. The molecule has 2 rings (SSSR count). The molecule has 0 radical (unpaired) electrons. The fourth-order valence-corrected chi connectivity index (χ4v) is 4.24. The van der Waals surface area contributed by atoms with Crippen LogP contribution in [0.4, 0.5) is 5.13 Å². The number of ether oxygens (including phenoxy) is 2. The minimum absolute atomic E-state index is 0.0927. The number of benzene rings is 1. The number of thioether (sulfide) groups is 1. The number of hydrogen-bond acceptors (Lipinski definition) is 7. The van der Waals surface area contributed by atoms with Crippen LogP contribution in [0.5, 0.6) is 11.5 Å². The van der Waals surface area contributed by atoms with Crippen molar-refractivity contribution in [3.8, 4) is 11.5 Å². The van der Waals surface area contributed by atoms with Gasteiger partial charge in [-0.1, -0.05) is 46.0 Å². The Hall–Kier alpha value is -1.32. The molecule has 1 aromatic carbocycles. The predicted octanol–water partition coefficient (Wildman–Crippen LogP) is 4.39. The van der Waals surface area contributed by atoms with Gasteiger partial charge in [0.05, 0.1) is 14.2 Å². The summed E-state index contributed by atoms with van der Waals surface area (Å²) in [5, 5.41) is 11.4. The Morgan fingerprint density at radius 2 is 2.00 bits per heavy atom. The van der Waals surface area contributed by atoms with Gasteiger partial charge in [0.25, 0.3) is 0 Å². The van der Waals surface area contributed by atoms with Crippen molar-refractivity contribution in [2.24, 2.45) is 0 Å². The molecule has 0 aliphatic carbocycles. The van der Waals surface area contributed by atoms with E-state index in [4.69, 9.17) is 9.47 Å². The molecule has 1 heterocycles. The Kier molecular flexibility index (Phi) is 7.98. The topological polar surface area (TPSA) is 73.3 Å². The van der Waals surface area contributed by atoms with Gasteiger partial charge in [0, 0.05) is 16.6 Å². The van der Waals surface area contributed by atoms with E-state index in [0.29, 0.717) is 29.5 Å². The van der Waals surface area contributed by atoms with Crippen LogP contribution in [0.3, 0.4) is 0 Å². The first-order valence-electron chi connectivity index (χ1n) is 7.74. The number of hydrogen-bond donors (Lipinski definition) is 1. The van der Waals surface area contributed by atoms with Crippen LogP contribution in [0.2, 0.25) is 0 Å². The molecular weight excluding hydrogens is 426 g/mol. The number of nitrogens with zero attached hydrogens (tertiary/aromatic N) is 2. The van der Waals surface area contributed by atoms with Crippen LogP contribution in [-0.2, 0) is 11.2 Å². The molecule has 9 heteroatoms. The highest BCUT2D eigenvalue weighted by Crippen LogP contribution is 2.34. The number of carbonyl (C=O) groups is 1. The van der Waals surface area contributed by atoms with Crippen molar-refractivity contribution in [2.45, 2.75) is 30.5 Å². The van der Waals surface area contributed by atoms with Crippen LogP contribution < -0.4 is 14.8 Å². The standard InChI is InChI=1S/C16H20BrN3O3S2/c1-4-7-24-16-20-19-15(25-16)18-14(21)6-5-10-8-12(22-2)13(23-3)9-11(10)17/h8-9H,4-7H2,1-3H3,(H,18,19,21). The van der Waals surface area contributed by atoms with E-state index in [-0.39, 0.29) is 5.91 Å². The maximum Gasteiger partial charge on any atom is 0.226 e. The van der Waals surface area contributed by atoms with E-state index >= 15 is 0 Å². The molecule has 0 aliphatic rings. The Morgan fingerprint density at radius 1 is 1.28 bits per heavy atom. The van der Waals surface area contributed by atoms with Crippen LogP contribution in [0.25, 0.3) is 0 Å². The van der Waals surface area contributed by atoms with Crippen molar-refractivity contribution < 1.29 is 14.3 Å². The van der Waals surface area contributed by atoms with Gasteiger partial charge in [-0.15, -0.1) is 10.2 Å². The molecule has 0 atom stereocenters. The Balaban J connectivity index is 1.92. The normalized spacial score (nSPS) is 10.6. The second kappa shape index (κ2) is 9.98. The van der Waals surface area contributed by atoms with Crippen molar-refractivity contribution in [1.29, 1.82) is 0 Å². The minimum Gasteiger partial charge on any atom is -0.493 e. The number of carbonyl (C=O) groups excluding carboxylic acids is 1. The molecule has 0 bridgehead atoms. The van der Waals surface area contributed by atoms with Gasteiger partial charge in [-0.3, -0.25) is 4.79 Å². The van der Waals surface area contributed by atoms with Crippen LogP contribution in [0, 0.1) is 0 Å². The number of aryl methyl sites for hydroxylation is 1. The minimum atomic E-state index is -0.0927. The lowest BCUT2D eigenvalue weighted by Gasteiger charge is -2.11. The zero-order chi connectivity index (χ0) is 18.2. The molecule has 0 fully saturated rings. The molecule has 6 nitrogen and oxygen atoms in total. The average Bonchev–Trinajstić information content (AvgIpc) is 3.05. The van der Waals surface area contributed by atoms with Gasteiger partial charge in [0.2, 0.25) is 11.0 Å². The van der Waals surface area contributed by atoms with Gasteiger partial charge in [0.15, 0.2) is 15.8 Å². The quantitative estimate of drug-likeness (QED) is 0.455. The fourth-order valence-electron chi connectivity index (χ4n) is 2.03. The second-order valence-electron chi connectivity index (χ2n) is 5.07. The first-order valence-corrected chi connectivity index (χ1v) is 10.3. The third-order valence-corrected chi connectivity index (χ3v) is 6.17. The van der Waals surface area contributed by atoms with Crippen molar-refractivity contribution in [1.82, 2.24) is 10.2 Å². The number of methoxy groups -OCH3 is 2. The zero-order valence-corrected chi connectivity index (χ0v) is 17.5. The van der Waals surface area contributed by atoms with Crippen LogP contribution in [-0.4, -0.2) is 36.1 Å². The summed E-state index contributed by atoms with van der Waals surface area (Å²) in [7, 11) is 3.18. The van der Waals surface area contributed by atoms with E-state index in [1.54, 1.807) is 26.0 Å². The molecule has 2 aromatic rings. The van der Waals surface area contributed by atoms with Gasteiger partial charge in [0.1, 0.15) is 0 Å². The number of anilines is 1. The van der Waals surface area contributed by atoms with E-state index in [9.17, 15) is 4.79 Å². The van der Waals surface area contributed by atoms with Crippen molar-refractivity contribution >= 4 is 50.1 Å². The second-order valence-corrected chi connectivity index (χ2v) is 8.24. The summed E-state index contributed by atoms with van der Waals surface area (Å²) < 4.78 is 12.3. The third kappa shape index (κ3) is 5.86. The molecule has 0 aliphatic heterocycles. The van der Waals surface area contributed by atoms with Crippen molar-refractivity contribution in [3.05, 3.63) is 22.2 Å². The Morgan fingerprint density at radius 3 is 2.68 bits per heavy atom. The molecule has 1 N–H and O–H groups in total.